The molecule has 1 aromatic carbocycles. The zero-order valence-corrected chi connectivity index (χ0v) is 15.6. The number of aromatic amines is 1. The summed E-state index contributed by atoms with van der Waals surface area (Å²) in [5, 5.41) is 0. The van der Waals surface area contributed by atoms with Crippen LogP contribution in [0.5, 0.6) is 0 Å². The molecule has 1 saturated heterocycles. The third kappa shape index (κ3) is 3.66. The monoisotopic (exact) mass is 337 g/mol. The average Bonchev–Trinajstić information content (AvgIpc) is 3.10. The molecular weight excluding hydrogens is 310 g/mol. The normalized spacial score (nSPS) is 15.1. The maximum Gasteiger partial charge on any atom is 0.178 e. The SMILES string of the molecule is CC.Cc1ccnc2nc(-c3ccc(N4CCN(C)CC4)cc3)[nH]c12. The Kier molecular flexibility index (Phi) is 5.34. The Bertz CT molecular complexity index is 814. The smallest absolute Gasteiger partial charge is 0.178 e. The Morgan fingerprint density at radius 2 is 1.64 bits per heavy atom. The molecule has 2 aromatic heterocycles. The number of likely N-dealkylation sites (N-methyl/N-ethyl adjacent to an activating group) is 1. The molecule has 1 N–H and O–H groups in total. The van der Waals surface area contributed by atoms with E-state index in [0.29, 0.717) is 0 Å². The van der Waals surface area contributed by atoms with Crippen LogP contribution in [0.25, 0.3) is 22.6 Å². The average molecular weight is 337 g/mol. The van der Waals surface area contributed by atoms with Gasteiger partial charge in [-0.25, -0.2) is 9.97 Å². The van der Waals surface area contributed by atoms with E-state index in [0.717, 1.165) is 48.7 Å². The van der Waals surface area contributed by atoms with Gasteiger partial charge in [0.2, 0.25) is 0 Å². The lowest BCUT2D eigenvalue weighted by molar-refractivity contribution is 0.313. The number of nitrogens with zero attached hydrogens (tertiary/aromatic N) is 4. The van der Waals surface area contributed by atoms with E-state index < -0.39 is 0 Å². The molecule has 0 atom stereocenters. The van der Waals surface area contributed by atoms with Crippen molar-refractivity contribution in [3.05, 3.63) is 42.1 Å². The topological polar surface area (TPSA) is 48.1 Å². The van der Waals surface area contributed by atoms with E-state index in [2.05, 4.69) is 63.0 Å². The molecule has 5 heteroatoms. The second-order valence-corrected chi connectivity index (χ2v) is 6.25. The fourth-order valence-electron chi connectivity index (χ4n) is 3.07. The number of aromatic nitrogens is 3. The number of rotatable bonds is 2. The minimum absolute atomic E-state index is 0.781. The molecule has 0 saturated carbocycles. The molecule has 1 fully saturated rings. The first-order chi connectivity index (χ1) is 12.2. The van der Waals surface area contributed by atoms with Crippen LogP contribution in [0.1, 0.15) is 19.4 Å². The van der Waals surface area contributed by atoms with E-state index in [1.54, 1.807) is 6.20 Å². The van der Waals surface area contributed by atoms with Crippen LogP contribution in [0.15, 0.2) is 36.5 Å². The van der Waals surface area contributed by atoms with Crippen LogP contribution in [-0.4, -0.2) is 53.1 Å². The molecule has 3 aromatic rings. The predicted octanol–water partition coefficient (Wildman–Crippen LogP) is 3.71. The third-order valence-corrected chi connectivity index (χ3v) is 4.61. The van der Waals surface area contributed by atoms with Crippen LogP contribution in [0.3, 0.4) is 0 Å². The lowest BCUT2D eigenvalue weighted by atomic mass is 10.1. The largest absolute Gasteiger partial charge is 0.369 e. The van der Waals surface area contributed by atoms with Crippen molar-refractivity contribution in [3.63, 3.8) is 0 Å². The summed E-state index contributed by atoms with van der Waals surface area (Å²) in [5.74, 6) is 0.881. The molecule has 132 valence electrons. The molecule has 0 aliphatic carbocycles. The maximum atomic E-state index is 4.61. The van der Waals surface area contributed by atoms with Crippen molar-refractivity contribution in [2.45, 2.75) is 20.8 Å². The maximum absolute atomic E-state index is 4.61. The van der Waals surface area contributed by atoms with Gasteiger partial charge in [0.15, 0.2) is 5.65 Å². The van der Waals surface area contributed by atoms with E-state index in [1.807, 2.05) is 19.9 Å². The van der Waals surface area contributed by atoms with E-state index in [4.69, 9.17) is 0 Å². The van der Waals surface area contributed by atoms with E-state index >= 15 is 0 Å². The number of pyridine rings is 1. The number of anilines is 1. The Labute approximate surface area is 149 Å². The van der Waals surface area contributed by atoms with Gasteiger partial charge in [0.25, 0.3) is 0 Å². The molecule has 0 radical (unpaired) electrons. The van der Waals surface area contributed by atoms with Crippen LogP contribution in [0, 0.1) is 6.92 Å². The summed E-state index contributed by atoms with van der Waals surface area (Å²) >= 11 is 0. The molecule has 5 nitrogen and oxygen atoms in total. The molecule has 3 heterocycles. The van der Waals surface area contributed by atoms with Crippen molar-refractivity contribution in [1.82, 2.24) is 19.9 Å². The summed E-state index contributed by atoms with van der Waals surface area (Å²) in [6.45, 7) is 10.5. The molecule has 25 heavy (non-hydrogen) atoms. The number of hydrogen-bond acceptors (Lipinski definition) is 4. The summed E-state index contributed by atoms with van der Waals surface area (Å²) < 4.78 is 0. The first kappa shape index (κ1) is 17.4. The quantitative estimate of drug-likeness (QED) is 0.774. The van der Waals surface area contributed by atoms with Crippen LogP contribution < -0.4 is 4.90 Å². The second-order valence-electron chi connectivity index (χ2n) is 6.25. The van der Waals surface area contributed by atoms with Gasteiger partial charge in [-0.1, -0.05) is 13.8 Å². The van der Waals surface area contributed by atoms with E-state index in [1.165, 1.54) is 11.3 Å². The fraction of sp³-hybridized carbons (Fsp3) is 0.400. The fourth-order valence-corrected chi connectivity index (χ4v) is 3.07. The van der Waals surface area contributed by atoms with Crippen LogP contribution in [-0.2, 0) is 0 Å². The number of piperazine rings is 1. The summed E-state index contributed by atoms with van der Waals surface area (Å²) in [4.78, 5) is 17.1. The van der Waals surface area contributed by atoms with Gasteiger partial charge in [0, 0.05) is 43.6 Å². The minimum atomic E-state index is 0.781. The highest BCUT2D eigenvalue weighted by Gasteiger charge is 2.14. The lowest BCUT2D eigenvalue weighted by Gasteiger charge is -2.34. The number of benzene rings is 1. The highest BCUT2D eigenvalue weighted by molar-refractivity contribution is 5.79. The number of fused-ring (bicyclic) bond motifs is 1. The molecule has 0 bridgehead atoms. The Hall–Kier alpha value is -2.40. The number of H-pyrrole nitrogens is 1. The van der Waals surface area contributed by atoms with Gasteiger partial charge in [-0.2, -0.15) is 0 Å². The summed E-state index contributed by atoms with van der Waals surface area (Å²) in [7, 11) is 2.18. The zero-order valence-electron chi connectivity index (χ0n) is 15.6. The second kappa shape index (κ2) is 7.66. The highest BCUT2D eigenvalue weighted by Crippen LogP contribution is 2.24. The number of imidazole rings is 1. The minimum Gasteiger partial charge on any atom is -0.369 e. The van der Waals surface area contributed by atoms with Gasteiger partial charge in [-0.05, 0) is 49.9 Å². The van der Waals surface area contributed by atoms with Crippen LogP contribution in [0.2, 0.25) is 0 Å². The standard InChI is InChI=1S/C18H21N5.C2H6/c1-13-7-8-19-18-16(13)20-17(21-18)14-3-5-15(6-4-14)23-11-9-22(2)10-12-23;1-2/h3-8H,9-12H2,1-2H3,(H,19,20,21);1-2H3. The summed E-state index contributed by atoms with van der Waals surface area (Å²) in [5.41, 5.74) is 5.35. The Morgan fingerprint density at radius 1 is 0.960 bits per heavy atom. The number of aryl methyl sites for hydroxylation is 1. The van der Waals surface area contributed by atoms with Gasteiger partial charge in [0.05, 0.1) is 5.52 Å². The molecule has 1 aliphatic rings. The van der Waals surface area contributed by atoms with E-state index in [-0.39, 0.29) is 0 Å². The van der Waals surface area contributed by atoms with Crippen molar-refractivity contribution in [2.24, 2.45) is 0 Å². The number of hydrogen-bond donors (Lipinski definition) is 1. The summed E-state index contributed by atoms with van der Waals surface area (Å²) in [6.07, 6.45) is 1.80. The van der Waals surface area contributed by atoms with Crippen molar-refractivity contribution in [2.75, 3.05) is 38.1 Å². The number of nitrogens with one attached hydrogen (secondary N) is 1. The van der Waals surface area contributed by atoms with Crippen molar-refractivity contribution < 1.29 is 0 Å². The molecule has 4 rings (SSSR count). The molecule has 0 amide bonds. The van der Waals surface area contributed by atoms with Crippen LogP contribution in [0.4, 0.5) is 5.69 Å². The van der Waals surface area contributed by atoms with Crippen molar-refractivity contribution >= 4 is 16.9 Å². The zero-order chi connectivity index (χ0) is 17.8. The molecule has 0 unspecified atom stereocenters. The third-order valence-electron chi connectivity index (χ3n) is 4.61. The van der Waals surface area contributed by atoms with Gasteiger partial charge >= 0.3 is 0 Å². The van der Waals surface area contributed by atoms with Gasteiger partial charge in [0.1, 0.15) is 5.82 Å². The van der Waals surface area contributed by atoms with E-state index in [9.17, 15) is 0 Å². The Balaban J connectivity index is 0.000000880. The predicted molar refractivity (Wildman–Crippen MR) is 105 cm³/mol. The molecule has 0 spiro atoms. The molecule has 1 aliphatic heterocycles. The Morgan fingerprint density at radius 3 is 2.28 bits per heavy atom. The van der Waals surface area contributed by atoms with Crippen LogP contribution >= 0.6 is 0 Å². The highest BCUT2D eigenvalue weighted by atomic mass is 15.2. The van der Waals surface area contributed by atoms with Crippen molar-refractivity contribution in [3.8, 4) is 11.4 Å². The first-order valence-corrected chi connectivity index (χ1v) is 9.06. The van der Waals surface area contributed by atoms with Gasteiger partial charge in [-0.15, -0.1) is 0 Å². The first-order valence-electron chi connectivity index (χ1n) is 9.06. The molecular formula is C20H27N5. The van der Waals surface area contributed by atoms with Gasteiger partial charge in [-0.3, -0.25) is 0 Å². The van der Waals surface area contributed by atoms with Gasteiger partial charge < -0.3 is 14.8 Å². The summed E-state index contributed by atoms with van der Waals surface area (Å²) in [6, 6.07) is 10.7. The van der Waals surface area contributed by atoms with Crippen molar-refractivity contribution in [1.29, 1.82) is 0 Å². The lowest BCUT2D eigenvalue weighted by Crippen LogP contribution is -2.44.